The van der Waals surface area contributed by atoms with Crippen LogP contribution < -0.4 is 25.6 Å². The van der Waals surface area contributed by atoms with Gasteiger partial charge in [0.1, 0.15) is 29.9 Å². The number of para-hydroxylation sites is 1. The standard InChI is InChI=1S/C38H52N9O5P/c1-9-26-22-30(32(50-6)23-31(26)46-16-14-27(15-17-46)45-18-20-47(21-19-45)37(48)52-38(3,4)5)41-36-39-24-28(35-44-43-25(2)51-35)34(42-36)40-29-12-10-11-13-33(29)53(7,8)49/h10-13,22-24,27H,9,14-21H2,1-8H3,(H2,39,40,41,42). The molecule has 2 saturated heterocycles. The van der Waals surface area contributed by atoms with Gasteiger partial charge in [-0.25, -0.2) is 9.78 Å². The zero-order chi connectivity index (χ0) is 37.9. The SMILES string of the molecule is CCc1cc(Nc2ncc(-c3nnc(C)o3)c(Nc3ccccc3P(C)(C)=O)n2)c(OC)cc1N1CCC(N2CCN(C(=O)OC(C)(C)C)CC2)CC1. The summed E-state index contributed by atoms with van der Waals surface area (Å²) in [6.45, 7) is 18.0. The number of aryl methyl sites for hydroxylation is 2. The van der Waals surface area contributed by atoms with Gasteiger partial charge in [0.25, 0.3) is 5.89 Å². The maximum Gasteiger partial charge on any atom is 0.410 e. The van der Waals surface area contributed by atoms with E-state index in [2.05, 4.69) is 54.7 Å². The first-order valence-corrected chi connectivity index (χ1v) is 20.9. The zero-order valence-electron chi connectivity index (χ0n) is 32.1. The lowest BCUT2D eigenvalue weighted by Crippen LogP contribution is -2.55. The molecule has 2 aliphatic heterocycles. The lowest BCUT2D eigenvalue weighted by atomic mass is 9.99. The van der Waals surface area contributed by atoms with Gasteiger partial charge in [-0.2, -0.15) is 4.98 Å². The summed E-state index contributed by atoms with van der Waals surface area (Å²) < 4.78 is 30.4. The number of ether oxygens (including phenoxy) is 2. The van der Waals surface area contributed by atoms with Crippen LogP contribution in [0.1, 0.15) is 52.0 Å². The normalized spacial score (nSPS) is 16.1. The Morgan fingerprint density at radius 1 is 1.00 bits per heavy atom. The van der Waals surface area contributed by atoms with Crippen LogP contribution in [0, 0.1) is 6.92 Å². The Morgan fingerprint density at radius 2 is 1.72 bits per heavy atom. The van der Waals surface area contributed by atoms with Crippen LogP contribution in [0.5, 0.6) is 5.75 Å². The van der Waals surface area contributed by atoms with Crippen molar-refractivity contribution in [3.8, 4) is 17.2 Å². The van der Waals surface area contributed by atoms with Crippen molar-refractivity contribution in [3.05, 3.63) is 54.0 Å². The van der Waals surface area contributed by atoms with Gasteiger partial charge in [-0.05, 0) is 77.1 Å². The molecule has 4 aromatic rings. The van der Waals surface area contributed by atoms with Gasteiger partial charge in [-0.3, -0.25) is 4.90 Å². The van der Waals surface area contributed by atoms with Crippen LogP contribution in [0.15, 0.2) is 47.0 Å². The molecule has 2 fully saturated rings. The molecule has 14 nitrogen and oxygen atoms in total. The van der Waals surface area contributed by atoms with Crippen LogP contribution in [-0.4, -0.2) is 107 Å². The van der Waals surface area contributed by atoms with Crippen molar-refractivity contribution >= 4 is 47.4 Å². The Bertz CT molecular complexity index is 1960. The summed E-state index contributed by atoms with van der Waals surface area (Å²) in [6.07, 6.45) is 4.32. The number of rotatable bonds is 10. The van der Waals surface area contributed by atoms with E-state index in [-0.39, 0.29) is 12.0 Å². The number of aromatic nitrogens is 4. The van der Waals surface area contributed by atoms with Crippen LogP contribution in [0.3, 0.4) is 0 Å². The van der Waals surface area contributed by atoms with E-state index in [1.54, 1.807) is 33.6 Å². The molecule has 2 aromatic heterocycles. The van der Waals surface area contributed by atoms with E-state index in [9.17, 15) is 9.36 Å². The van der Waals surface area contributed by atoms with E-state index >= 15 is 0 Å². The molecular formula is C38H52N9O5P. The number of hydrogen-bond acceptors (Lipinski definition) is 13. The van der Waals surface area contributed by atoms with Crippen LogP contribution in [0.2, 0.25) is 0 Å². The molecule has 6 rings (SSSR count). The summed E-state index contributed by atoms with van der Waals surface area (Å²) >= 11 is 0. The molecular weight excluding hydrogens is 693 g/mol. The van der Waals surface area contributed by atoms with Gasteiger partial charge in [-0.1, -0.05) is 19.1 Å². The Balaban J connectivity index is 1.18. The number of piperidine rings is 1. The number of carbonyl (C=O) groups is 1. The Hall–Kier alpha value is -4.68. The Morgan fingerprint density at radius 3 is 2.34 bits per heavy atom. The van der Waals surface area contributed by atoms with Gasteiger partial charge in [0, 0.05) is 75.5 Å². The quantitative estimate of drug-likeness (QED) is 0.167. The highest BCUT2D eigenvalue weighted by molar-refractivity contribution is 7.70. The fourth-order valence-electron chi connectivity index (χ4n) is 6.92. The lowest BCUT2D eigenvalue weighted by Gasteiger charge is -2.43. The van der Waals surface area contributed by atoms with Crippen molar-refractivity contribution in [2.24, 2.45) is 0 Å². The fraction of sp³-hybridized carbons (Fsp3) is 0.500. The van der Waals surface area contributed by atoms with Crippen molar-refractivity contribution in [2.45, 2.75) is 65.5 Å². The van der Waals surface area contributed by atoms with Gasteiger partial charge in [0.05, 0.1) is 18.5 Å². The van der Waals surface area contributed by atoms with E-state index < -0.39 is 12.7 Å². The second-order valence-corrected chi connectivity index (χ2v) is 18.1. The average Bonchev–Trinajstić information content (AvgIpc) is 3.56. The van der Waals surface area contributed by atoms with E-state index in [0.29, 0.717) is 59.1 Å². The van der Waals surface area contributed by atoms with Gasteiger partial charge < -0.3 is 38.9 Å². The average molecular weight is 746 g/mol. The van der Waals surface area contributed by atoms with Crippen LogP contribution in [-0.2, 0) is 15.7 Å². The van der Waals surface area contributed by atoms with Gasteiger partial charge >= 0.3 is 6.09 Å². The maximum absolute atomic E-state index is 13.2. The molecule has 0 saturated carbocycles. The summed E-state index contributed by atoms with van der Waals surface area (Å²) in [5.74, 6) is 2.12. The van der Waals surface area contributed by atoms with Gasteiger partial charge in [0.2, 0.25) is 11.8 Å². The Kier molecular flexibility index (Phi) is 11.3. The smallest absolute Gasteiger partial charge is 0.410 e. The van der Waals surface area contributed by atoms with Crippen LogP contribution in [0.4, 0.5) is 33.6 Å². The molecule has 2 N–H and O–H groups in total. The monoisotopic (exact) mass is 745 g/mol. The largest absolute Gasteiger partial charge is 0.494 e. The van der Waals surface area contributed by atoms with E-state index in [0.717, 1.165) is 56.8 Å². The molecule has 2 aliphatic rings. The molecule has 0 atom stereocenters. The second kappa shape index (κ2) is 15.7. The molecule has 2 aromatic carbocycles. The van der Waals surface area contributed by atoms with E-state index in [1.807, 2.05) is 49.9 Å². The summed E-state index contributed by atoms with van der Waals surface area (Å²) in [5.41, 5.74) is 3.78. The first-order chi connectivity index (χ1) is 25.2. The summed E-state index contributed by atoms with van der Waals surface area (Å²) in [5, 5.41) is 15.7. The molecule has 0 unspecified atom stereocenters. The molecule has 1 amide bonds. The summed E-state index contributed by atoms with van der Waals surface area (Å²) in [4.78, 5) is 28.8. The number of piperazine rings is 1. The molecule has 0 spiro atoms. The third-order valence-electron chi connectivity index (χ3n) is 9.60. The van der Waals surface area contributed by atoms with Gasteiger partial charge in [-0.15, -0.1) is 10.2 Å². The lowest BCUT2D eigenvalue weighted by molar-refractivity contribution is 0.00901. The van der Waals surface area contributed by atoms with Crippen LogP contribution >= 0.6 is 7.14 Å². The molecule has 0 aliphatic carbocycles. The highest BCUT2D eigenvalue weighted by atomic mass is 31.2. The third-order valence-corrected chi connectivity index (χ3v) is 11.1. The predicted octanol–water partition coefficient (Wildman–Crippen LogP) is 6.66. The number of nitrogens with one attached hydrogen (secondary N) is 2. The number of anilines is 5. The fourth-order valence-corrected chi connectivity index (χ4v) is 8.08. The number of methoxy groups -OCH3 is 1. The minimum absolute atomic E-state index is 0.225. The molecule has 53 heavy (non-hydrogen) atoms. The maximum atomic E-state index is 13.2. The molecule has 284 valence electrons. The van der Waals surface area contributed by atoms with E-state index in [1.165, 1.54) is 5.56 Å². The molecule has 4 heterocycles. The number of amides is 1. The predicted molar refractivity (Wildman–Crippen MR) is 209 cm³/mol. The first kappa shape index (κ1) is 38.1. The highest BCUT2D eigenvalue weighted by Gasteiger charge is 2.31. The number of hydrogen-bond donors (Lipinski definition) is 2. The minimum atomic E-state index is -2.61. The van der Waals surface area contributed by atoms with Crippen LogP contribution in [0.25, 0.3) is 11.5 Å². The summed E-state index contributed by atoms with van der Waals surface area (Å²) in [7, 11) is -0.949. The van der Waals surface area contributed by atoms with Gasteiger partial charge in [0.15, 0.2) is 0 Å². The van der Waals surface area contributed by atoms with Crippen molar-refractivity contribution < 1.29 is 23.3 Å². The Labute approximate surface area is 312 Å². The third kappa shape index (κ3) is 9.10. The molecule has 0 radical (unpaired) electrons. The molecule has 15 heteroatoms. The topological polar surface area (TPSA) is 151 Å². The summed E-state index contributed by atoms with van der Waals surface area (Å²) in [6, 6.07) is 12.2. The molecule has 0 bridgehead atoms. The number of nitrogens with zero attached hydrogens (tertiary/aromatic N) is 7. The first-order valence-electron chi connectivity index (χ1n) is 18.3. The second-order valence-electron chi connectivity index (χ2n) is 15.0. The zero-order valence-corrected chi connectivity index (χ0v) is 33.0. The van der Waals surface area contributed by atoms with Crippen molar-refractivity contribution in [3.63, 3.8) is 0 Å². The van der Waals surface area contributed by atoms with E-state index in [4.69, 9.17) is 18.9 Å². The van der Waals surface area contributed by atoms with Crippen molar-refractivity contribution in [1.29, 1.82) is 0 Å². The minimum Gasteiger partial charge on any atom is -0.494 e. The highest BCUT2D eigenvalue weighted by Crippen LogP contribution is 2.40. The van der Waals surface area contributed by atoms with Crippen molar-refractivity contribution in [2.75, 3.05) is 75.2 Å². The van der Waals surface area contributed by atoms with Crippen molar-refractivity contribution in [1.82, 2.24) is 30.0 Å². The number of carbonyl (C=O) groups excluding carboxylic acids is 1. The number of benzene rings is 2.